The van der Waals surface area contributed by atoms with Gasteiger partial charge in [0.15, 0.2) is 28.1 Å². The van der Waals surface area contributed by atoms with E-state index in [1.807, 2.05) is 0 Å². The number of oxime groups is 1. The first-order valence-electron chi connectivity index (χ1n) is 11.3. The third-order valence-electron chi connectivity index (χ3n) is 5.81. The van der Waals surface area contributed by atoms with Gasteiger partial charge < -0.3 is 35.6 Å². The molecular formula is C23H20N6O8S3. The quantitative estimate of drug-likeness (QED) is 0.0774. The monoisotopic (exact) mass is 604 g/mol. The van der Waals surface area contributed by atoms with E-state index in [9.17, 15) is 29.7 Å². The van der Waals surface area contributed by atoms with Crippen LogP contribution in [0.5, 0.6) is 11.5 Å². The lowest BCUT2D eigenvalue weighted by Gasteiger charge is -2.49. The first-order chi connectivity index (χ1) is 19.2. The Bertz CT molecular complexity index is 1570. The number of phenolic OH excluding ortho intramolecular Hbond substituents is 2. The van der Waals surface area contributed by atoms with E-state index in [-0.39, 0.29) is 50.5 Å². The number of hydrogen-bond donors (Lipinski definition) is 5. The van der Waals surface area contributed by atoms with Crippen LogP contribution in [-0.2, 0) is 19.2 Å². The predicted molar refractivity (Wildman–Crippen MR) is 146 cm³/mol. The number of aromatic nitrogens is 2. The Morgan fingerprint density at radius 3 is 2.83 bits per heavy atom. The number of nitrogens with one attached hydrogen (secondary N) is 1. The summed E-state index contributed by atoms with van der Waals surface area (Å²) in [5.74, 6) is -2.33. The minimum atomic E-state index is -1.27. The summed E-state index contributed by atoms with van der Waals surface area (Å²) in [5.41, 5.74) is 6.49. The Morgan fingerprint density at radius 1 is 1.35 bits per heavy atom. The molecule has 6 N–H and O–H groups in total. The van der Waals surface area contributed by atoms with E-state index >= 15 is 0 Å². The number of aliphatic carboxylic acids is 1. The molecule has 0 bridgehead atoms. The van der Waals surface area contributed by atoms with E-state index in [0.29, 0.717) is 16.9 Å². The molecule has 40 heavy (non-hydrogen) atoms. The number of nitrogen functional groups attached to an aromatic ring is 1. The maximum absolute atomic E-state index is 13.0. The maximum Gasteiger partial charge on any atom is 0.352 e. The van der Waals surface area contributed by atoms with Gasteiger partial charge in [0.05, 0.1) is 6.20 Å². The molecule has 2 atom stereocenters. The number of rotatable bonds is 9. The SMILES string of the molecule is CO/N=C(\C(=O)N[C@@H]1C(=O)N2C(C(=O)O)=C(CSc3ncc(-c4ccc(O)c(O)c4)o3)CS[C@H]12)c1csc(N)n1. The van der Waals surface area contributed by atoms with Crippen molar-refractivity contribution in [3.63, 3.8) is 0 Å². The van der Waals surface area contributed by atoms with Crippen LogP contribution in [0.1, 0.15) is 5.69 Å². The maximum atomic E-state index is 13.0. The number of carboxylic acid groups (broad SMARTS) is 1. The number of β-lactam (4-membered cyclic amide) rings is 1. The molecule has 4 heterocycles. The van der Waals surface area contributed by atoms with Crippen LogP contribution in [0.25, 0.3) is 11.3 Å². The number of thiazole rings is 1. The van der Waals surface area contributed by atoms with Crippen LogP contribution in [0.3, 0.4) is 0 Å². The second-order valence-corrected chi connectivity index (χ2v) is 11.2. The van der Waals surface area contributed by atoms with Crippen molar-refractivity contribution in [1.82, 2.24) is 20.2 Å². The first-order valence-corrected chi connectivity index (χ1v) is 14.2. The molecule has 14 nitrogen and oxygen atoms in total. The van der Waals surface area contributed by atoms with Crippen molar-refractivity contribution >= 4 is 63.5 Å². The third-order valence-corrected chi connectivity index (χ3v) is 8.75. The van der Waals surface area contributed by atoms with Gasteiger partial charge in [0.25, 0.3) is 17.0 Å². The second-order valence-electron chi connectivity index (χ2n) is 8.29. The summed E-state index contributed by atoms with van der Waals surface area (Å²) >= 11 is 3.56. The minimum Gasteiger partial charge on any atom is -0.504 e. The molecule has 2 aliphatic rings. The molecule has 0 aliphatic carbocycles. The number of carbonyl (C=O) groups is 3. The van der Waals surface area contributed by atoms with E-state index in [2.05, 4.69) is 20.4 Å². The van der Waals surface area contributed by atoms with Crippen molar-refractivity contribution in [1.29, 1.82) is 0 Å². The van der Waals surface area contributed by atoms with Crippen LogP contribution in [-0.4, -0.2) is 83.7 Å². The van der Waals surface area contributed by atoms with Gasteiger partial charge in [-0.05, 0) is 23.8 Å². The average Bonchev–Trinajstić information content (AvgIpc) is 3.59. The van der Waals surface area contributed by atoms with E-state index in [0.717, 1.165) is 28.0 Å². The predicted octanol–water partition coefficient (Wildman–Crippen LogP) is 1.67. The second kappa shape index (κ2) is 11.1. The number of benzene rings is 1. The van der Waals surface area contributed by atoms with E-state index in [1.165, 1.54) is 42.6 Å². The van der Waals surface area contributed by atoms with Gasteiger partial charge in [-0.15, -0.1) is 23.1 Å². The van der Waals surface area contributed by atoms with Crippen LogP contribution in [0.4, 0.5) is 5.13 Å². The summed E-state index contributed by atoms with van der Waals surface area (Å²) in [6.07, 6.45) is 1.44. The highest BCUT2D eigenvalue weighted by Gasteiger charge is 2.54. The molecule has 0 unspecified atom stereocenters. The Labute approximate surface area is 237 Å². The van der Waals surface area contributed by atoms with Crippen LogP contribution in [0.15, 0.2) is 55.8 Å². The van der Waals surface area contributed by atoms with Gasteiger partial charge >= 0.3 is 5.97 Å². The van der Waals surface area contributed by atoms with Gasteiger partial charge in [0, 0.05) is 22.4 Å². The van der Waals surface area contributed by atoms with Crippen LogP contribution >= 0.6 is 34.9 Å². The van der Waals surface area contributed by atoms with Crippen molar-refractivity contribution in [2.75, 3.05) is 24.3 Å². The van der Waals surface area contributed by atoms with Gasteiger partial charge in [-0.1, -0.05) is 16.9 Å². The van der Waals surface area contributed by atoms with Crippen LogP contribution in [0.2, 0.25) is 0 Å². The Hall–Kier alpha value is -4.22. The third kappa shape index (κ3) is 5.17. The Kier molecular flexibility index (Phi) is 7.59. The zero-order chi connectivity index (χ0) is 28.6. The summed E-state index contributed by atoms with van der Waals surface area (Å²) in [5, 5.41) is 36.8. The largest absolute Gasteiger partial charge is 0.504 e. The number of amides is 2. The topological polar surface area (TPSA) is 214 Å². The Balaban J connectivity index is 1.28. The summed E-state index contributed by atoms with van der Waals surface area (Å²) < 4.78 is 5.70. The number of nitrogens with zero attached hydrogens (tertiary/aromatic N) is 4. The van der Waals surface area contributed by atoms with Crippen molar-refractivity contribution in [3.8, 4) is 22.8 Å². The lowest BCUT2D eigenvalue weighted by atomic mass is 10.0. The molecule has 208 valence electrons. The summed E-state index contributed by atoms with van der Waals surface area (Å²) in [6, 6.07) is 3.22. The number of oxazole rings is 1. The molecule has 3 aromatic rings. The molecule has 0 spiro atoms. The minimum absolute atomic E-state index is 0.153. The lowest BCUT2D eigenvalue weighted by molar-refractivity contribution is -0.150. The van der Waals surface area contributed by atoms with E-state index in [1.54, 1.807) is 6.07 Å². The van der Waals surface area contributed by atoms with Gasteiger partial charge in [0.2, 0.25) is 0 Å². The number of anilines is 1. The number of nitrogens with two attached hydrogens (primary N) is 1. The number of phenols is 2. The van der Waals surface area contributed by atoms with Crippen LogP contribution in [0, 0.1) is 0 Å². The lowest BCUT2D eigenvalue weighted by Crippen LogP contribution is -2.71. The zero-order valence-electron chi connectivity index (χ0n) is 20.4. The first kappa shape index (κ1) is 27.4. The molecule has 0 saturated carbocycles. The van der Waals surface area contributed by atoms with Crippen molar-refractivity contribution in [2.45, 2.75) is 16.6 Å². The normalized spacial score (nSPS) is 18.8. The fourth-order valence-electron chi connectivity index (χ4n) is 3.98. The molecule has 2 aromatic heterocycles. The van der Waals surface area contributed by atoms with Gasteiger partial charge in [0.1, 0.15) is 29.9 Å². The van der Waals surface area contributed by atoms with Crippen molar-refractivity contribution in [2.24, 2.45) is 5.16 Å². The average molecular weight is 605 g/mol. The van der Waals surface area contributed by atoms with Gasteiger partial charge in [-0.2, -0.15) is 0 Å². The van der Waals surface area contributed by atoms with Gasteiger partial charge in [-0.25, -0.2) is 14.8 Å². The van der Waals surface area contributed by atoms with Crippen LogP contribution < -0.4 is 11.1 Å². The fraction of sp³-hybridized carbons (Fsp3) is 0.217. The standard InChI is InChI=1S/C23H20N6O8S3/c1-36-28-15(11-8-39-22(24)26-11)18(32)27-16-19(33)29-17(21(34)35)10(6-38-20(16)29)7-40-23-25-5-14(37-23)9-2-3-12(30)13(31)4-9/h2-5,8,16,20,30-31H,6-7H2,1H3,(H2,24,26)(H,27,32)(H,34,35)/b28-15-/t16-,20-/m1/s1. The van der Waals surface area contributed by atoms with Crippen molar-refractivity contribution in [3.05, 3.63) is 46.7 Å². The molecule has 5 rings (SSSR count). The van der Waals surface area contributed by atoms with E-state index < -0.39 is 29.2 Å². The number of thioether (sulfide) groups is 2. The number of carbonyl (C=O) groups excluding carboxylic acids is 2. The molecule has 2 amide bonds. The van der Waals surface area contributed by atoms with E-state index in [4.69, 9.17) is 15.0 Å². The van der Waals surface area contributed by atoms with Gasteiger partial charge in [-0.3, -0.25) is 14.5 Å². The highest BCUT2D eigenvalue weighted by atomic mass is 32.2. The molecule has 1 aromatic carbocycles. The summed E-state index contributed by atoms with van der Waals surface area (Å²) in [6.45, 7) is 0. The molecule has 1 saturated heterocycles. The molecular weight excluding hydrogens is 584 g/mol. The highest BCUT2D eigenvalue weighted by Crippen LogP contribution is 2.42. The molecule has 1 fully saturated rings. The number of aromatic hydroxyl groups is 2. The Morgan fingerprint density at radius 2 is 2.15 bits per heavy atom. The molecule has 17 heteroatoms. The smallest absolute Gasteiger partial charge is 0.352 e. The zero-order valence-corrected chi connectivity index (χ0v) is 22.9. The number of hydrogen-bond acceptors (Lipinski definition) is 14. The van der Waals surface area contributed by atoms with Crippen molar-refractivity contribution < 1.29 is 39.0 Å². The molecule has 0 radical (unpaired) electrons. The molecule has 2 aliphatic heterocycles. The highest BCUT2D eigenvalue weighted by molar-refractivity contribution is 8.01. The number of carboxylic acids is 1. The fourth-order valence-corrected chi connectivity index (χ4v) is 6.82. The summed E-state index contributed by atoms with van der Waals surface area (Å²) in [4.78, 5) is 52.2. The number of fused-ring (bicyclic) bond motifs is 1. The summed E-state index contributed by atoms with van der Waals surface area (Å²) in [7, 11) is 1.26.